The van der Waals surface area contributed by atoms with E-state index in [0.717, 1.165) is 70.4 Å². The number of morpholine rings is 1. The fraction of sp³-hybridized carbons (Fsp3) is 0.481. The van der Waals surface area contributed by atoms with Crippen molar-refractivity contribution in [3.63, 3.8) is 0 Å². The first-order chi connectivity index (χ1) is 17.0. The van der Waals surface area contributed by atoms with Gasteiger partial charge in [-0.3, -0.25) is 19.4 Å². The monoisotopic (exact) mass is 479 g/mol. The number of aryl methyl sites for hydroxylation is 1. The number of amides is 2. The summed E-state index contributed by atoms with van der Waals surface area (Å²) in [5.74, 6) is -0.0480. The van der Waals surface area contributed by atoms with Gasteiger partial charge in [0.2, 0.25) is 11.8 Å². The third-order valence-electron chi connectivity index (χ3n) is 6.73. The van der Waals surface area contributed by atoms with Gasteiger partial charge in [0.1, 0.15) is 0 Å². The lowest BCUT2D eigenvalue weighted by molar-refractivity contribution is -0.134. The topological polar surface area (TPSA) is 68.4 Å². The predicted octanol–water partition coefficient (Wildman–Crippen LogP) is 2.05. The van der Waals surface area contributed by atoms with Gasteiger partial charge in [-0.25, -0.2) is 0 Å². The third kappa shape index (κ3) is 7.27. The minimum absolute atomic E-state index is 0.0747. The summed E-state index contributed by atoms with van der Waals surface area (Å²) in [5.41, 5.74) is 4.54. The molecule has 8 heteroatoms. The SMILES string of the molecule is Cc1ccccc1CN1CCN(C(=O)CN(C)CC(=O)Nc2ccc(N3CCOCC3)cc2)CC1. The molecule has 0 aromatic heterocycles. The van der Waals surface area contributed by atoms with E-state index in [9.17, 15) is 9.59 Å². The van der Waals surface area contributed by atoms with Crippen LogP contribution >= 0.6 is 0 Å². The molecule has 35 heavy (non-hydrogen) atoms. The molecule has 2 heterocycles. The van der Waals surface area contributed by atoms with E-state index in [2.05, 4.69) is 46.3 Å². The second-order valence-corrected chi connectivity index (χ2v) is 9.45. The molecule has 0 saturated carbocycles. The van der Waals surface area contributed by atoms with Gasteiger partial charge in [0.15, 0.2) is 0 Å². The molecular formula is C27H37N5O3. The molecule has 188 valence electrons. The highest BCUT2D eigenvalue weighted by atomic mass is 16.5. The van der Waals surface area contributed by atoms with Gasteiger partial charge in [-0.1, -0.05) is 24.3 Å². The van der Waals surface area contributed by atoms with E-state index >= 15 is 0 Å². The van der Waals surface area contributed by atoms with Crippen LogP contribution in [0.5, 0.6) is 0 Å². The fourth-order valence-electron chi connectivity index (χ4n) is 4.59. The van der Waals surface area contributed by atoms with Crippen molar-refractivity contribution in [2.45, 2.75) is 13.5 Å². The molecule has 2 aromatic rings. The molecule has 0 unspecified atom stereocenters. The van der Waals surface area contributed by atoms with E-state index in [-0.39, 0.29) is 24.9 Å². The molecule has 2 fully saturated rings. The summed E-state index contributed by atoms with van der Waals surface area (Å²) in [6.07, 6.45) is 0. The highest BCUT2D eigenvalue weighted by Gasteiger charge is 2.23. The van der Waals surface area contributed by atoms with Crippen molar-refractivity contribution in [2.24, 2.45) is 0 Å². The van der Waals surface area contributed by atoms with Crippen LogP contribution in [0, 0.1) is 6.92 Å². The lowest BCUT2D eigenvalue weighted by Gasteiger charge is -2.35. The summed E-state index contributed by atoms with van der Waals surface area (Å²) < 4.78 is 5.40. The molecular weight excluding hydrogens is 442 g/mol. The van der Waals surface area contributed by atoms with Crippen LogP contribution < -0.4 is 10.2 Å². The molecule has 0 atom stereocenters. The van der Waals surface area contributed by atoms with Crippen LogP contribution in [-0.4, -0.2) is 99.1 Å². The molecule has 0 aliphatic carbocycles. The number of rotatable bonds is 8. The van der Waals surface area contributed by atoms with Crippen molar-refractivity contribution >= 4 is 23.2 Å². The van der Waals surface area contributed by atoms with Crippen LogP contribution in [0.3, 0.4) is 0 Å². The quantitative estimate of drug-likeness (QED) is 0.625. The maximum Gasteiger partial charge on any atom is 0.238 e. The second-order valence-electron chi connectivity index (χ2n) is 9.45. The summed E-state index contributed by atoms with van der Waals surface area (Å²) in [5, 5.41) is 2.93. The molecule has 4 rings (SSSR count). The number of likely N-dealkylation sites (N-methyl/N-ethyl adjacent to an activating group) is 1. The Morgan fingerprint density at radius 1 is 0.914 bits per heavy atom. The van der Waals surface area contributed by atoms with Gasteiger partial charge in [-0.05, 0) is 49.4 Å². The van der Waals surface area contributed by atoms with Gasteiger partial charge in [-0.2, -0.15) is 0 Å². The first-order valence-corrected chi connectivity index (χ1v) is 12.4. The van der Waals surface area contributed by atoms with Crippen molar-refractivity contribution in [2.75, 3.05) is 82.8 Å². The lowest BCUT2D eigenvalue weighted by atomic mass is 10.1. The summed E-state index contributed by atoms with van der Waals surface area (Å²) in [6, 6.07) is 16.3. The first-order valence-electron chi connectivity index (χ1n) is 12.4. The highest BCUT2D eigenvalue weighted by molar-refractivity contribution is 5.92. The summed E-state index contributed by atoms with van der Waals surface area (Å²) in [6.45, 7) is 9.89. The third-order valence-corrected chi connectivity index (χ3v) is 6.73. The van der Waals surface area contributed by atoms with Gasteiger partial charge in [-0.15, -0.1) is 0 Å². The van der Waals surface area contributed by atoms with E-state index in [1.165, 1.54) is 11.1 Å². The van der Waals surface area contributed by atoms with Gasteiger partial charge in [0.05, 0.1) is 26.3 Å². The number of nitrogens with zero attached hydrogens (tertiary/aromatic N) is 4. The molecule has 2 aliphatic heterocycles. The minimum atomic E-state index is -0.123. The average molecular weight is 480 g/mol. The number of ether oxygens (including phenoxy) is 1. The van der Waals surface area contributed by atoms with Crippen molar-refractivity contribution < 1.29 is 14.3 Å². The van der Waals surface area contributed by atoms with Gasteiger partial charge >= 0.3 is 0 Å². The Bertz CT molecular complexity index is 983. The van der Waals surface area contributed by atoms with E-state index in [1.807, 2.05) is 36.2 Å². The molecule has 0 bridgehead atoms. The molecule has 0 radical (unpaired) electrons. The number of hydrogen-bond acceptors (Lipinski definition) is 6. The van der Waals surface area contributed by atoms with Gasteiger partial charge in [0, 0.05) is 57.2 Å². The standard InChI is InChI=1S/C27H37N5O3/c1-22-5-3-4-6-23(22)19-30-11-13-32(14-12-30)27(34)21-29(2)20-26(33)28-24-7-9-25(10-8-24)31-15-17-35-18-16-31/h3-10H,11-21H2,1-2H3,(H,28,33). The van der Waals surface area contributed by atoms with Gasteiger partial charge in [0.25, 0.3) is 0 Å². The fourth-order valence-corrected chi connectivity index (χ4v) is 4.59. The second kappa shape index (κ2) is 12.2. The number of anilines is 2. The van der Waals surface area contributed by atoms with Crippen LogP contribution in [0.2, 0.25) is 0 Å². The van der Waals surface area contributed by atoms with E-state index in [4.69, 9.17) is 4.74 Å². The number of benzene rings is 2. The van der Waals surface area contributed by atoms with E-state index < -0.39 is 0 Å². The minimum Gasteiger partial charge on any atom is -0.378 e. The van der Waals surface area contributed by atoms with E-state index in [1.54, 1.807) is 4.90 Å². The number of hydrogen-bond donors (Lipinski definition) is 1. The summed E-state index contributed by atoms with van der Waals surface area (Å²) >= 11 is 0. The summed E-state index contributed by atoms with van der Waals surface area (Å²) in [7, 11) is 1.81. The van der Waals surface area contributed by atoms with Crippen molar-refractivity contribution in [3.05, 3.63) is 59.7 Å². The normalized spacial score (nSPS) is 17.0. The number of piperazine rings is 1. The van der Waals surface area contributed by atoms with Crippen LogP contribution in [0.25, 0.3) is 0 Å². The van der Waals surface area contributed by atoms with Gasteiger partial charge < -0.3 is 19.9 Å². The molecule has 8 nitrogen and oxygen atoms in total. The number of carbonyl (C=O) groups is 2. The molecule has 0 spiro atoms. The van der Waals surface area contributed by atoms with Crippen LogP contribution in [0.15, 0.2) is 48.5 Å². The highest BCUT2D eigenvalue weighted by Crippen LogP contribution is 2.19. The Balaban J connectivity index is 1.17. The van der Waals surface area contributed by atoms with Crippen LogP contribution in [0.4, 0.5) is 11.4 Å². The predicted molar refractivity (Wildman–Crippen MR) is 139 cm³/mol. The number of nitrogens with one attached hydrogen (secondary N) is 1. The average Bonchev–Trinajstić information content (AvgIpc) is 2.86. The van der Waals surface area contributed by atoms with Crippen molar-refractivity contribution in [1.29, 1.82) is 0 Å². The van der Waals surface area contributed by atoms with Crippen molar-refractivity contribution in [1.82, 2.24) is 14.7 Å². The summed E-state index contributed by atoms with van der Waals surface area (Å²) in [4.78, 5) is 33.6. The Morgan fingerprint density at radius 3 is 2.29 bits per heavy atom. The Labute approximate surface area is 208 Å². The molecule has 2 saturated heterocycles. The zero-order valence-electron chi connectivity index (χ0n) is 20.9. The van der Waals surface area contributed by atoms with Crippen LogP contribution in [-0.2, 0) is 20.9 Å². The number of carbonyl (C=O) groups excluding carboxylic acids is 2. The maximum absolute atomic E-state index is 12.8. The Kier molecular flexibility index (Phi) is 8.74. The smallest absolute Gasteiger partial charge is 0.238 e. The van der Waals surface area contributed by atoms with E-state index in [0.29, 0.717) is 0 Å². The molecule has 2 aliphatic rings. The first kappa shape index (κ1) is 25.2. The van der Waals surface area contributed by atoms with Crippen LogP contribution in [0.1, 0.15) is 11.1 Å². The maximum atomic E-state index is 12.8. The molecule has 2 aromatic carbocycles. The molecule has 2 amide bonds. The zero-order valence-corrected chi connectivity index (χ0v) is 20.9. The Hall–Kier alpha value is -2.94. The Morgan fingerprint density at radius 2 is 1.60 bits per heavy atom. The van der Waals surface area contributed by atoms with Crippen molar-refractivity contribution in [3.8, 4) is 0 Å². The largest absolute Gasteiger partial charge is 0.378 e. The molecule has 1 N–H and O–H groups in total. The zero-order chi connectivity index (χ0) is 24.6. The lowest BCUT2D eigenvalue weighted by Crippen LogP contribution is -2.51.